The number of hydrogen-bond donors (Lipinski definition) is 0. The van der Waals surface area contributed by atoms with Crippen LogP contribution in [0.4, 0.5) is 0 Å². The molecule has 0 aromatic rings. The van der Waals surface area contributed by atoms with E-state index in [-0.39, 0.29) is 0 Å². The molecule has 0 aliphatic carbocycles. The lowest BCUT2D eigenvalue weighted by atomic mass is 9.72. The van der Waals surface area contributed by atoms with Gasteiger partial charge in [-0.2, -0.15) is 0 Å². The minimum Gasteiger partial charge on any atom is -0.322 e. The van der Waals surface area contributed by atoms with Crippen molar-refractivity contribution in [2.75, 3.05) is 26.7 Å². The highest BCUT2D eigenvalue weighted by atomic mass is 16.2. The molecule has 19 heavy (non-hydrogen) atoms. The highest BCUT2D eigenvalue weighted by Crippen LogP contribution is 2.46. The van der Waals surface area contributed by atoms with Gasteiger partial charge in [-0.15, -0.1) is 0 Å². The first-order valence-electron chi connectivity index (χ1n) is 8.05. The monoisotopic (exact) mass is 261 g/mol. The predicted molar refractivity (Wildman–Crippen MR) is 74.2 cm³/mol. The zero-order valence-electron chi connectivity index (χ0n) is 12.0. The maximum absolute atomic E-state index is 12.8. The van der Waals surface area contributed by atoms with Crippen molar-refractivity contribution in [3.05, 3.63) is 11.8 Å². The highest BCUT2D eigenvalue weighted by molar-refractivity contribution is 5.83. The predicted octanol–water partition coefficient (Wildman–Crippen LogP) is 2.14. The number of carbonyl (C=O) groups excluding carboxylic acids is 1. The fraction of sp³-hybridized carbons (Fsp3) is 0.812. The van der Waals surface area contributed by atoms with Gasteiger partial charge in [0.2, 0.25) is 5.91 Å². The van der Waals surface area contributed by atoms with Gasteiger partial charge in [-0.3, -0.25) is 4.79 Å². The molecule has 0 radical (unpaired) electrons. The van der Waals surface area contributed by atoms with Crippen LogP contribution in [0.5, 0.6) is 0 Å². The van der Waals surface area contributed by atoms with E-state index in [1.807, 2.05) is 0 Å². The Hall–Kier alpha value is -0.830. The number of nitrogens with zero attached hydrogens (tertiary/aromatic N) is 2. The van der Waals surface area contributed by atoms with Crippen LogP contribution in [-0.2, 0) is 4.79 Å². The number of allylic oxidation sites excluding steroid dienone is 1. The van der Waals surface area contributed by atoms with Gasteiger partial charge in [0.15, 0.2) is 0 Å². The van der Waals surface area contributed by atoms with Gasteiger partial charge in [-0.25, -0.2) is 0 Å². The van der Waals surface area contributed by atoms with E-state index < -0.39 is 0 Å². The number of fused-ring (bicyclic) bond motifs is 6. The molecule has 4 atom stereocenters. The second-order valence-corrected chi connectivity index (χ2v) is 7.25. The van der Waals surface area contributed by atoms with Crippen molar-refractivity contribution in [1.82, 2.24) is 4.90 Å². The van der Waals surface area contributed by atoms with Gasteiger partial charge in [0.1, 0.15) is 6.04 Å². The van der Waals surface area contributed by atoms with Crippen molar-refractivity contribution in [1.29, 1.82) is 0 Å². The highest BCUT2D eigenvalue weighted by Gasteiger charge is 2.55. The van der Waals surface area contributed by atoms with Gasteiger partial charge in [-0.05, 0) is 32.1 Å². The Kier molecular flexibility index (Phi) is 2.57. The summed E-state index contributed by atoms with van der Waals surface area (Å²) in [6, 6.07) is 0.612. The molecule has 0 aromatic heterocycles. The number of quaternary nitrogens is 1. The number of amides is 1. The van der Waals surface area contributed by atoms with Gasteiger partial charge in [0, 0.05) is 24.6 Å². The van der Waals surface area contributed by atoms with Gasteiger partial charge in [0.05, 0.1) is 26.1 Å². The number of hydrogen-bond acceptors (Lipinski definition) is 1. The second kappa shape index (κ2) is 4.08. The molecule has 4 aliphatic rings. The summed E-state index contributed by atoms with van der Waals surface area (Å²) in [5.74, 6) is 1.43. The Bertz CT molecular complexity index is 444. The minimum absolute atomic E-state index is 0.319. The normalized spacial score (nSPS) is 45.3. The molecular formula is C16H25N2O+. The molecule has 3 nitrogen and oxygen atoms in total. The fourth-order valence-electron chi connectivity index (χ4n) is 5.25. The Balaban J connectivity index is 1.73. The number of rotatable bonds is 0. The van der Waals surface area contributed by atoms with Crippen LogP contribution in [0.1, 0.15) is 38.5 Å². The van der Waals surface area contributed by atoms with E-state index in [4.69, 9.17) is 0 Å². The van der Waals surface area contributed by atoms with Crippen LogP contribution in [0.2, 0.25) is 0 Å². The summed E-state index contributed by atoms with van der Waals surface area (Å²) in [7, 11) is 2.41. The average Bonchev–Trinajstić information content (AvgIpc) is 2.43. The van der Waals surface area contributed by atoms with Crippen LogP contribution in [0.15, 0.2) is 11.8 Å². The van der Waals surface area contributed by atoms with Crippen molar-refractivity contribution in [3.63, 3.8) is 0 Å². The third-order valence-corrected chi connectivity index (χ3v) is 6.11. The van der Waals surface area contributed by atoms with E-state index in [9.17, 15) is 4.79 Å². The molecular weight excluding hydrogens is 236 g/mol. The second-order valence-electron chi connectivity index (χ2n) is 7.25. The van der Waals surface area contributed by atoms with Crippen LogP contribution in [0, 0.1) is 11.8 Å². The van der Waals surface area contributed by atoms with Crippen LogP contribution in [-0.4, -0.2) is 48.0 Å². The molecule has 0 aromatic carbocycles. The smallest absolute Gasteiger partial charge is 0.235 e. The van der Waals surface area contributed by atoms with Crippen LogP contribution in [0.3, 0.4) is 0 Å². The van der Waals surface area contributed by atoms with Crippen molar-refractivity contribution in [3.8, 4) is 0 Å². The van der Waals surface area contributed by atoms with Crippen LogP contribution >= 0.6 is 0 Å². The van der Waals surface area contributed by atoms with E-state index in [1.165, 1.54) is 49.0 Å². The van der Waals surface area contributed by atoms with Crippen LogP contribution in [0.25, 0.3) is 0 Å². The molecule has 2 bridgehead atoms. The molecule has 3 fully saturated rings. The molecule has 3 heteroatoms. The first-order chi connectivity index (χ1) is 9.19. The van der Waals surface area contributed by atoms with E-state index in [0.29, 0.717) is 23.8 Å². The summed E-state index contributed by atoms with van der Waals surface area (Å²) in [6.07, 6.45) is 9.78. The lowest BCUT2D eigenvalue weighted by molar-refractivity contribution is -0.949. The van der Waals surface area contributed by atoms with Crippen molar-refractivity contribution >= 4 is 5.91 Å². The Morgan fingerprint density at radius 3 is 3.11 bits per heavy atom. The Morgan fingerprint density at radius 2 is 2.21 bits per heavy atom. The molecule has 104 valence electrons. The summed E-state index contributed by atoms with van der Waals surface area (Å²) in [5, 5.41) is 0. The molecule has 4 rings (SSSR count). The van der Waals surface area contributed by atoms with Gasteiger partial charge in [0.25, 0.3) is 0 Å². The zero-order valence-corrected chi connectivity index (χ0v) is 12.0. The molecule has 1 unspecified atom stereocenters. The van der Waals surface area contributed by atoms with Gasteiger partial charge in [-0.1, -0.05) is 6.08 Å². The standard InChI is InChI=1S/C16H25N2O/c1-18-9-5-3-7-15(18)13-10-12(11-18)14-6-2-4-8-17(14)16(13)19/h6,12-13,15H,2-5,7-11H2,1H3/q+1/t12-,13+,15-,18?/m0/s1. The topological polar surface area (TPSA) is 20.3 Å². The zero-order chi connectivity index (χ0) is 13.0. The molecule has 0 N–H and O–H groups in total. The van der Waals surface area contributed by atoms with Gasteiger partial charge >= 0.3 is 0 Å². The Labute approximate surface area is 115 Å². The summed E-state index contributed by atoms with van der Waals surface area (Å²) >= 11 is 0. The van der Waals surface area contributed by atoms with Gasteiger partial charge < -0.3 is 9.38 Å². The lowest BCUT2D eigenvalue weighted by Crippen LogP contribution is -2.68. The van der Waals surface area contributed by atoms with E-state index in [1.54, 1.807) is 0 Å². The molecule has 0 spiro atoms. The minimum atomic E-state index is 0.319. The molecule has 1 amide bonds. The third kappa shape index (κ3) is 1.63. The molecule has 0 saturated carbocycles. The first-order valence-corrected chi connectivity index (χ1v) is 8.05. The third-order valence-electron chi connectivity index (χ3n) is 6.11. The molecule has 4 aliphatic heterocycles. The van der Waals surface area contributed by atoms with Crippen LogP contribution < -0.4 is 0 Å². The molecule has 4 heterocycles. The van der Waals surface area contributed by atoms with E-state index >= 15 is 0 Å². The molecule has 3 saturated heterocycles. The average molecular weight is 261 g/mol. The fourth-order valence-corrected chi connectivity index (χ4v) is 5.25. The van der Waals surface area contributed by atoms with E-state index in [2.05, 4.69) is 18.0 Å². The Morgan fingerprint density at radius 1 is 1.32 bits per heavy atom. The first kappa shape index (κ1) is 12.0. The maximum atomic E-state index is 12.8. The number of carbonyl (C=O) groups is 1. The van der Waals surface area contributed by atoms with Crippen molar-refractivity contribution in [2.45, 2.75) is 44.6 Å². The maximum Gasteiger partial charge on any atom is 0.235 e. The SMILES string of the molecule is C[N+]12CCCC[C@H]1[C@H]1C[C@@H](C2)C2=CCCCN2C1=O. The van der Waals surface area contributed by atoms with Crippen molar-refractivity contribution < 1.29 is 9.28 Å². The quantitative estimate of drug-likeness (QED) is 0.612. The van der Waals surface area contributed by atoms with E-state index in [0.717, 1.165) is 19.4 Å². The van der Waals surface area contributed by atoms with Crippen molar-refractivity contribution in [2.24, 2.45) is 11.8 Å². The summed E-state index contributed by atoms with van der Waals surface area (Å²) in [4.78, 5) is 15.0. The number of piperidine rings is 3. The summed E-state index contributed by atoms with van der Waals surface area (Å²) in [5.41, 5.74) is 1.39. The summed E-state index contributed by atoms with van der Waals surface area (Å²) < 4.78 is 1.17. The lowest BCUT2D eigenvalue weighted by Gasteiger charge is -2.57. The largest absolute Gasteiger partial charge is 0.322 e. The summed E-state index contributed by atoms with van der Waals surface area (Å²) in [6.45, 7) is 3.54.